The molecule has 8 heteroatoms. The van der Waals surface area contributed by atoms with Crippen LogP contribution in [0.2, 0.25) is 0 Å². The van der Waals surface area contributed by atoms with Crippen molar-refractivity contribution < 1.29 is 23.1 Å². The van der Waals surface area contributed by atoms with Gasteiger partial charge in [0.05, 0.1) is 17.5 Å². The Hall–Kier alpha value is -3.23. The molecule has 0 radical (unpaired) electrons. The lowest BCUT2D eigenvalue weighted by atomic mass is 9.88. The topological polar surface area (TPSA) is 106 Å². The Kier molecular flexibility index (Phi) is 6.47. The van der Waals surface area contributed by atoms with Crippen LogP contribution in [0.4, 0.5) is 0 Å². The molecular weight excluding hydrogens is 452 g/mol. The van der Waals surface area contributed by atoms with E-state index in [0.29, 0.717) is 35.5 Å². The summed E-state index contributed by atoms with van der Waals surface area (Å²) in [6, 6.07) is 17.9. The summed E-state index contributed by atoms with van der Waals surface area (Å²) in [6.07, 6.45) is 1.61. The fourth-order valence-corrected chi connectivity index (χ4v) is 4.49. The maximum atomic E-state index is 12.9. The van der Waals surface area contributed by atoms with Gasteiger partial charge in [0, 0.05) is 28.9 Å². The Morgan fingerprint density at radius 2 is 1.85 bits per heavy atom. The predicted molar refractivity (Wildman–Crippen MR) is 130 cm³/mol. The molecule has 0 bridgehead atoms. The number of aromatic nitrogens is 1. The van der Waals surface area contributed by atoms with Gasteiger partial charge in [-0.3, -0.25) is 9.78 Å². The summed E-state index contributed by atoms with van der Waals surface area (Å²) in [5.41, 5.74) is 3.06. The smallest absolute Gasteiger partial charge is 0.265 e. The van der Waals surface area contributed by atoms with E-state index in [0.717, 1.165) is 5.69 Å². The van der Waals surface area contributed by atoms with E-state index in [4.69, 9.17) is 4.74 Å². The summed E-state index contributed by atoms with van der Waals surface area (Å²) in [7, 11) is -3.86. The van der Waals surface area contributed by atoms with Crippen LogP contribution < -0.4 is 9.46 Å². The first-order chi connectivity index (χ1) is 16.1. The van der Waals surface area contributed by atoms with Crippen molar-refractivity contribution in [2.45, 2.75) is 38.0 Å². The first kappa shape index (κ1) is 23.9. The van der Waals surface area contributed by atoms with Crippen LogP contribution in [0, 0.1) is 5.92 Å². The van der Waals surface area contributed by atoms with Crippen molar-refractivity contribution in [3.05, 3.63) is 83.7 Å². The Morgan fingerprint density at radius 3 is 2.56 bits per heavy atom. The third kappa shape index (κ3) is 4.83. The van der Waals surface area contributed by atoms with Gasteiger partial charge in [-0.15, -0.1) is 0 Å². The zero-order valence-corrected chi connectivity index (χ0v) is 20.2. The van der Waals surface area contributed by atoms with Gasteiger partial charge in [0.2, 0.25) is 10.0 Å². The van der Waals surface area contributed by atoms with E-state index in [1.165, 1.54) is 20.8 Å². The third-order valence-corrected chi connectivity index (χ3v) is 8.01. The minimum absolute atomic E-state index is 0.131. The second kappa shape index (κ2) is 9.19. The van der Waals surface area contributed by atoms with E-state index in [1.807, 2.05) is 18.2 Å². The van der Waals surface area contributed by atoms with Crippen molar-refractivity contribution >= 4 is 15.9 Å². The van der Waals surface area contributed by atoms with Crippen molar-refractivity contribution in [3.8, 4) is 16.9 Å². The van der Waals surface area contributed by atoms with E-state index in [1.54, 1.807) is 48.7 Å². The van der Waals surface area contributed by atoms with Gasteiger partial charge in [0.1, 0.15) is 5.75 Å². The lowest BCUT2D eigenvalue weighted by Gasteiger charge is -2.30. The normalized spacial score (nSPS) is 18.0. The van der Waals surface area contributed by atoms with Crippen LogP contribution in [-0.2, 0) is 16.4 Å². The molecule has 1 aliphatic heterocycles. The lowest BCUT2D eigenvalue weighted by Crippen LogP contribution is -2.42. The highest BCUT2D eigenvalue weighted by molar-refractivity contribution is 7.91. The van der Waals surface area contributed by atoms with E-state index < -0.39 is 26.8 Å². The Labute approximate surface area is 199 Å². The van der Waals surface area contributed by atoms with Gasteiger partial charge in [-0.05, 0) is 62.6 Å². The van der Waals surface area contributed by atoms with Crippen LogP contribution in [0.15, 0.2) is 66.9 Å². The molecule has 2 N–H and O–H groups in total. The number of carbonyl (C=O) groups is 1. The number of ether oxygens (including phenoxy) is 1. The van der Waals surface area contributed by atoms with E-state index in [-0.39, 0.29) is 11.5 Å². The third-order valence-electron chi connectivity index (χ3n) is 5.95. The quantitative estimate of drug-likeness (QED) is 0.574. The molecule has 2 atom stereocenters. The summed E-state index contributed by atoms with van der Waals surface area (Å²) in [4.78, 5) is 17.2. The number of nitrogens with one attached hydrogen (secondary N) is 1. The Morgan fingerprint density at radius 1 is 1.12 bits per heavy atom. The molecule has 1 amide bonds. The Balaban J connectivity index is 1.60. The number of hydrogen-bond donors (Lipinski definition) is 2. The minimum Gasteiger partial charge on any atom is -0.493 e. The number of hydrogen-bond acceptors (Lipinski definition) is 6. The van der Waals surface area contributed by atoms with E-state index in [2.05, 4.69) is 9.71 Å². The molecule has 34 heavy (non-hydrogen) atoms. The molecule has 0 saturated heterocycles. The van der Waals surface area contributed by atoms with Gasteiger partial charge < -0.3 is 9.84 Å². The number of aliphatic hydroxyl groups excluding tert-OH is 1. The molecule has 1 aliphatic rings. The minimum atomic E-state index is -3.86. The number of rotatable bonds is 5. The highest BCUT2D eigenvalue weighted by Crippen LogP contribution is 2.39. The van der Waals surface area contributed by atoms with Crippen LogP contribution in [0.5, 0.6) is 5.75 Å². The molecule has 2 aromatic carbocycles. The van der Waals surface area contributed by atoms with E-state index >= 15 is 0 Å². The standard InChI is InChI=1S/C26H28N2O5S/c1-26(2,3)34(31,32)28-25(30)21-10-5-4-9-20(21)17-11-12-22-23(15-17)33-16-18(24(22)29)14-19-8-6-7-13-27-19/h4-13,15,18,24,29H,14,16H2,1-3H3,(H,28,30)/t18?,24-/m1/s1. The molecular formula is C26H28N2O5S. The van der Waals surface area contributed by atoms with Gasteiger partial charge in [-0.25, -0.2) is 13.1 Å². The van der Waals surface area contributed by atoms with Gasteiger partial charge in [-0.2, -0.15) is 0 Å². The molecule has 2 heterocycles. The van der Waals surface area contributed by atoms with Crippen molar-refractivity contribution in [2.24, 2.45) is 5.92 Å². The van der Waals surface area contributed by atoms with Crippen LogP contribution in [0.25, 0.3) is 11.1 Å². The first-order valence-electron chi connectivity index (χ1n) is 11.1. The van der Waals surface area contributed by atoms with Crippen molar-refractivity contribution in [1.82, 2.24) is 9.71 Å². The maximum Gasteiger partial charge on any atom is 0.265 e. The molecule has 4 rings (SSSR count). The monoisotopic (exact) mass is 480 g/mol. The number of carbonyl (C=O) groups excluding carboxylic acids is 1. The number of benzene rings is 2. The summed E-state index contributed by atoms with van der Waals surface area (Å²) in [6.45, 7) is 4.92. The molecule has 7 nitrogen and oxygen atoms in total. The highest BCUT2D eigenvalue weighted by atomic mass is 32.2. The molecule has 3 aromatic rings. The number of sulfonamides is 1. The van der Waals surface area contributed by atoms with Crippen LogP contribution in [-0.4, -0.2) is 35.8 Å². The number of pyridine rings is 1. The first-order valence-corrected chi connectivity index (χ1v) is 12.6. The average Bonchev–Trinajstić information content (AvgIpc) is 2.80. The average molecular weight is 481 g/mol. The molecule has 0 aliphatic carbocycles. The van der Waals surface area contributed by atoms with Gasteiger partial charge in [0.15, 0.2) is 0 Å². The van der Waals surface area contributed by atoms with Gasteiger partial charge in [0.25, 0.3) is 5.91 Å². The fraction of sp³-hybridized carbons (Fsp3) is 0.308. The molecule has 178 valence electrons. The van der Waals surface area contributed by atoms with Crippen LogP contribution >= 0.6 is 0 Å². The van der Waals surface area contributed by atoms with Crippen molar-refractivity contribution in [3.63, 3.8) is 0 Å². The zero-order valence-electron chi connectivity index (χ0n) is 19.4. The second-order valence-electron chi connectivity index (χ2n) is 9.39. The summed E-state index contributed by atoms with van der Waals surface area (Å²) in [5, 5.41) is 11.0. The van der Waals surface area contributed by atoms with Gasteiger partial charge >= 0.3 is 0 Å². The largest absolute Gasteiger partial charge is 0.493 e. The number of aliphatic hydroxyl groups is 1. The summed E-state index contributed by atoms with van der Waals surface area (Å²) < 4.78 is 32.0. The highest BCUT2D eigenvalue weighted by Gasteiger charge is 2.32. The Bertz CT molecular complexity index is 1300. The second-order valence-corrected chi connectivity index (χ2v) is 11.8. The molecule has 1 aromatic heterocycles. The molecule has 0 spiro atoms. The SMILES string of the molecule is CC(C)(C)S(=O)(=O)NC(=O)c1ccccc1-c1ccc2c(c1)OCC(Cc1ccccn1)[C@H]2O. The lowest BCUT2D eigenvalue weighted by molar-refractivity contribution is 0.0503. The molecule has 1 unspecified atom stereocenters. The summed E-state index contributed by atoms with van der Waals surface area (Å²) in [5.74, 6) is -0.284. The number of amides is 1. The van der Waals surface area contributed by atoms with Gasteiger partial charge in [-0.1, -0.05) is 36.4 Å². The zero-order chi connectivity index (χ0) is 24.5. The number of fused-ring (bicyclic) bond motifs is 1. The predicted octanol–water partition coefficient (Wildman–Crippen LogP) is 3.89. The fourth-order valence-electron chi connectivity index (χ4n) is 3.83. The summed E-state index contributed by atoms with van der Waals surface area (Å²) >= 11 is 0. The molecule has 0 fully saturated rings. The van der Waals surface area contributed by atoms with E-state index in [9.17, 15) is 18.3 Å². The van der Waals surface area contributed by atoms with Crippen LogP contribution in [0.1, 0.15) is 48.5 Å². The van der Waals surface area contributed by atoms with Crippen LogP contribution in [0.3, 0.4) is 0 Å². The maximum absolute atomic E-state index is 12.9. The number of nitrogens with zero attached hydrogens (tertiary/aromatic N) is 1. The van der Waals surface area contributed by atoms with Crippen molar-refractivity contribution in [2.75, 3.05) is 6.61 Å². The molecule has 0 saturated carbocycles. The van der Waals surface area contributed by atoms with Crippen molar-refractivity contribution in [1.29, 1.82) is 0 Å².